The van der Waals surface area contributed by atoms with Crippen molar-refractivity contribution in [1.82, 2.24) is 4.90 Å². The summed E-state index contributed by atoms with van der Waals surface area (Å²) in [5.74, 6) is 0.218. The van der Waals surface area contributed by atoms with Crippen molar-refractivity contribution in [3.63, 3.8) is 0 Å². The number of para-hydroxylation sites is 2. The second kappa shape index (κ2) is 6.74. The first-order valence-electron chi connectivity index (χ1n) is 10.1. The number of carbonyl (C=O) groups excluding carboxylic acids is 2. The van der Waals surface area contributed by atoms with Crippen molar-refractivity contribution in [2.75, 3.05) is 24.6 Å². The number of carbonyl (C=O) groups is 2. The van der Waals surface area contributed by atoms with Crippen LogP contribution in [0.4, 0.5) is 11.4 Å². The maximum absolute atomic E-state index is 13.7. The van der Waals surface area contributed by atoms with Crippen molar-refractivity contribution in [3.8, 4) is 0 Å². The normalized spacial score (nSPS) is 23.3. The van der Waals surface area contributed by atoms with Crippen molar-refractivity contribution in [2.45, 2.75) is 37.2 Å². The lowest BCUT2D eigenvalue weighted by atomic mass is 9.73. The Morgan fingerprint density at radius 2 is 1.71 bits per heavy atom. The van der Waals surface area contributed by atoms with Gasteiger partial charge in [-0.25, -0.2) is 0 Å². The monoisotopic (exact) mass is 376 g/mol. The molecule has 0 aromatic heterocycles. The molecule has 5 rings (SSSR count). The number of fused-ring (bicyclic) bond motifs is 2. The summed E-state index contributed by atoms with van der Waals surface area (Å²) in [6, 6.07) is 17.9. The van der Waals surface area contributed by atoms with E-state index in [2.05, 4.69) is 6.07 Å². The average Bonchev–Trinajstić information content (AvgIpc) is 3.36. The molecule has 1 atom stereocenters. The number of hydrogen-bond acceptors (Lipinski definition) is 3. The molecule has 5 heteroatoms. The van der Waals surface area contributed by atoms with E-state index in [-0.39, 0.29) is 17.9 Å². The van der Waals surface area contributed by atoms with E-state index in [1.165, 1.54) is 0 Å². The fourth-order valence-corrected chi connectivity index (χ4v) is 4.91. The zero-order chi connectivity index (χ0) is 19.1. The molecule has 3 heterocycles. The van der Waals surface area contributed by atoms with Gasteiger partial charge >= 0.3 is 0 Å². The Kier molecular flexibility index (Phi) is 4.20. The highest BCUT2D eigenvalue weighted by atomic mass is 16.5. The first-order chi connectivity index (χ1) is 13.7. The molecule has 2 amide bonds. The number of nitrogens with zero attached hydrogens (tertiary/aromatic N) is 2. The standard InChI is InChI=1S/C23H24N2O3/c26-21(20-11-6-16-28-20)24-14-12-23(13-15-24)18-9-4-5-10-19(18)25(22(23)27)17-7-2-1-3-8-17/h1-5,7-10,20H,6,11-16H2/t20-/m0/s1. The summed E-state index contributed by atoms with van der Waals surface area (Å²) in [6.07, 6.45) is 2.78. The number of anilines is 2. The van der Waals surface area contributed by atoms with E-state index in [9.17, 15) is 9.59 Å². The van der Waals surface area contributed by atoms with E-state index in [1.54, 1.807) is 0 Å². The van der Waals surface area contributed by atoms with Crippen LogP contribution in [-0.4, -0.2) is 42.5 Å². The zero-order valence-electron chi connectivity index (χ0n) is 15.8. The van der Waals surface area contributed by atoms with Gasteiger partial charge in [0, 0.05) is 25.4 Å². The fraction of sp³-hybridized carbons (Fsp3) is 0.391. The number of ether oxygens (including phenoxy) is 1. The summed E-state index contributed by atoms with van der Waals surface area (Å²) < 4.78 is 5.57. The van der Waals surface area contributed by atoms with Gasteiger partial charge in [0.1, 0.15) is 6.10 Å². The van der Waals surface area contributed by atoms with E-state index < -0.39 is 5.41 Å². The Bertz CT molecular complexity index is 897. The van der Waals surface area contributed by atoms with Crippen LogP contribution in [0.15, 0.2) is 54.6 Å². The zero-order valence-corrected chi connectivity index (χ0v) is 15.8. The highest BCUT2D eigenvalue weighted by Gasteiger charge is 2.53. The van der Waals surface area contributed by atoms with Gasteiger partial charge in [0.15, 0.2) is 0 Å². The third kappa shape index (κ3) is 2.57. The molecule has 144 valence electrons. The minimum absolute atomic E-state index is 0.0889. The number of likely N-dealkylation sites (tertiary alicyclic amines) is 1. The molecule has 1 spiro atoms. The van der Waals surface area contributed by atoms with Gasteiger partial charge in [-0.2, -0.15) is 0 Å². The minimum atomic E-state index is -0.542. The molecule has 2 aromatic carbocycles. The molecule has 0 unspecified atom stereocenters. The molecule has 3 aliphatic rings. The van der Waals surface area contributed by atoms with Crippen LogP contribution in [0.3, 0.4) is 0 Å². The Hall–Kier alpha value is -2.66. The molecule has 0 saturated carbocycles. The molecule has 0 radical (unpaired) electrons. The van der Waals surface area contributed by atoms with Crippen LogP contribution in [0, 0.1) is 0 Å². The average molecular weight is 376 g/mol. The molecule has 3 aliphatic heterocycles. The summed E-state index contributed by atoms with van der Waals surface area (Å²) in [7, 11) is 0. The predicted octanol–water partition coefficient (Wildman–Crippen LogP) is 3.40. The highest BCUT2D eigenvalue weighted by Crippen LogP contribution is 2.50. The van der Waals surface area contributed by atoms with Crippen LogP contribution in [-0.2, 0) is 19.7 Å². The molecule has 2 saturated heterocycles. The van der Waals surface area contributed by atoms with Crippen molar-refractivity contribution in [3.05, 3.63) is 60.2 Å². The Labute approximate surface area is 164 Å². The summed E-state index contributed by atoms with van der Waals surface area (Å²) in [6.45, 7) is 1.87. The maximum atomic E-state index is 13.7. The van der Waals surface area contributed by atoms with Crippen LogP contribution in [0.2, 0.25) is 0 Å². The quantitative estimate of drug-likeness (QED) is 0.807. The van der Waals surface area contributed by atoms with Gasteiger partial charge in [-0.15, -0.1) is 0 Å². The van der Waals surface area contributed by atoms with Gasteiger partial charge < -0.3 is 9.64 Å². The topological polar surface area (TPSA) is 49.9 Å². The third-order valence-corrected chi connectivity index (χ3v) is 6.42. The SMILES string of the molecule is O=C([C@@H]1CCCO1)N1CCC2(CC1)C(=O)N(c1ccccc1)c1ccccc12. The van der Waals surface area contributed by atoms with Crippen molar-refractivity contribution >= 4 is 23.2 Å². The van der Waals surface area contributed by atoms with Gasteiger partial charge in [-0.3, -0.25) is 14.5 Å². The molecular weight excluding hydrogens is 352 g/mol. The number of hydrogen-bond donors (Lipinski definition) is 0. The van der Waals surface area contributed by atoms with Crippen molar-refractivity contribution in [1.29, 1.82) is 0 Å². The molecule has 2 aromatic rings. The van der Waals surface area contributed by atoms with Gasteiger partial charge in [-0.05, 0) is 49.4 Å². The lowest BCUT2D eigenvalue weighted by Crippen LogP contribution is -2.51. The molecule has 0 aliphatic carbocycles. The predicted molar refractivity (Wildman–Crippen MR) is 106 cm³/mol. The molecule has 5 nitrogen and oxygen atoms in total. The maximum Gasteiger partial charge on any atom is 0.251 e. The largest absolute Gasteiger partial charge is 0.368 e. The first kappa shape index (κ1) is 17.4. The fourth-order valence-electron chi connectivity index (χ4n) is 4.91. The number of piperidine rings is 1. The summed E-state index contributed by atoms with van der Waals surface area (Å²) in [5, 5.41) is 0. The first-order valence-corrected chi connectivity index (χ1v) is 10.1. The van der Waals surface area contributed by atoms with Crippen LogP contribution >= 0.6 is 0 Å². The molecule has 0 N–H and O–H groups in total. The minimum Gasteiger partial charge on any atom is -0.368 e. The summed E-state index contributed by atoms with van der Waals surface area (Å²) in [5.41, 5.74) is 2.42. The Morgan fingerprint density at radius 1 is 1.00 bits per heavy atom. The second-order valence-corrected chi connectivity index (χ2v) is 7.90. The van der Waals surface area contributed by atoms with Gasteiger partial charge in [0.2, 0.25) is 5.91 Å². The van der Waals surface area contributed by atoms with Gasteiger partial charge in [-0.1, -0.05) is 36.4 Å². The van der Waals surface area contributed by atoms with Crippen LogP contribution in [0.25, 0.3) is 0 Å². The number of benzene rings is 2. The summed E-state index contributed by atoms with van der Waals surface area (Å²) >= 11 is 0. The van der Waals surface area contributed by atoms with Crippen LogP contribution < -0.4 is 4.90 Å². The highest BCUT2D eigenvalue weighted by molar-refractivity contribution is 6.13. The Balaban J connectivity index is 1.44. The summed E-state index contributed by atoms with van der Waals surface area (Å²) in [4.78, 5) is 30.1. The van der Waals surface area contributed by atoms with Crippen molar-refractivity contribution in [2.24, 2.45) is 0 Å². The molecule has 28 heavy (non-hydrogen) atoms. The van der Waals surface area contributed by atoms with Crippen molar-refractivity contribution < 1.29 is 14.3 Å². The number of amides is 2. The van der Waals surface area contributed by atoms with Gasteiger partial charge in [0.25, 0.3) is 5.91 Å². The molecule has 0 bridgehead atoms. The third-order valence-electron chi connectivity index (χ3n) is 6.42. The van der Waals surface area contributed by atoms with E-state index in [1.807, 2.05) is 58.3 Å². The number of rotatable bonds is 2. The van der Waals surface area contributed by atoms with E-state index in [0.717, 1.165) is 29.8 Å². The lowest BCUT2D eigenvalue weighted by Gasteiger charge is -2.39. The van der Waals surface area contributed by atoms with Crippen LogP contribution in [0.5, 0.6) is 0 Å². The molecule has 2 fully saturated rings. The second-order valence-electron chi connectivity index (χ2n) is 7.90. The Morgan fingerprint density at radius 3 is 2.43 bits per heavy atom. The van der Waals surface area contributed by atoms with E-state index >= 15 is 0 Å². The lowest BCUT2D eigenvalue weighted by molar-refractivity contribution is -0.144. The van der Waals surface area contributed by atoms with Crippen LogP contribution in [0.1, 0.15) is 31.2 Å². The van der Waals surface area contributed by atoms with E-state index in [4.69, 9.17) is 4.74 Å². The van der Waals surface area contributed by atoms with E-state index in [0.29, 0.717) is 32.5 Å². The smallest absolute Gasteiger partial charge is 0.251 e. The molecular formula is C23H24N2O3. The van der Waals surface area contributed by atoms with Gasteiger partial charge in [0.05, 0.1) is 11.1 Å².